The molecular weight excluding hydrogens is 380 g/mol. The summed E-state index contributed by atoms with van der Waals surface area (Å²) in [6, 6.07) is 8.39. The monoisotopic (exact) mass is 404 g/mol. The van der Waals surface area contributed by atoms with E-state index in [0.29, 0.717) is 19.7 Å². The molecule has 1 aromatic carbocycles. The van der Waals surface area contributed by atoms with Crippen LogP contribution in [0.3, 0.4) is 0 Å². The second-order valence-electron chi connectivity index (χ2n) is 7.24. The van der Waals surface area contributed by atoms with Crippen molar-refractivity contribution in [2.24, 2.45) is 0 Å². The zero-order chi connectivity index (χ0) is 19.7. The number of piperidine rings is 1. The van der Waals surface area contributed by atoms with Crippen LogP contribution in [0, 0.1) is 0 Å². The summed E-state index contributed by atoms with van der Waals surface area (Å²) in [6.07, 6.45) is 3.58. The predicted octanol–water partition coefficient (Wildman–Crippen LogP) is 2.88. The first-order chi connectivity index (χ1) is 13.4. The van der Waals surface area contributed by atoms with E-state index in [2.05, 4.69) is 5.32 Å². The number of carbonyl (C=O) groups is 1. The fourth-order valence-electron chi connectivity index (χ4n) is 3.64. The van der Waals surface area contributed by atoms with Gasteiger partial charge in [-0.1, -0.05) is 12.5 Å². The van der Waals surface area contributed by atoms with E-state index in [-0.39, 0.29) is 16.9 Å². The molecule has 7 nitrogen and oxygen atoms in total. The molecule has 1 amide bonds. The van der Waals surface area contributed by atoms with Gasteiger partial charge in [-0.2, -0.15) is 4.31 Å². The molecule has 3 heterocycles. The molecule has 28 heavy (non-hydrogen) atoms. The van der Waals surface area contributed by atoms with Crippen molar-refractivity contribution in [3.8, 4) is 5.75 Å². The van der Waals surface area contributed by atoms with Crippen LogP contribution in [0.2, 0.25) is 0 Å². The number of nitrogens with one attached hydrogen (secondary N) is 1. The summed E-state index contributed by atoms with van der Waals surface area (Å²) in [6.45, 7) is 3.54. The van der Waals surface area contributed by atoms with Crippen molar-refractivity contribution >= 4 is 15.9 Å². The molecule has 2 aromatic rings. The highest BCUT2D eigenvalue weighted by Gasteiger charge is 2.30. The molecule has 2 aliphatic rings. The number of hydrogen-bond donors (Lipinski definition) is 1. The highest BCUT2D eigenvalue weighted by atomic mass is 32.2. The number of amides is 1. The van der Waals surface area contributed by atoms with E-state index >= 15 is 0 Å². The third-order valence-corrected chi connectivity index (χ3v) is 7.05. The third kappa shape index (κ3) is 3.66. The van der Waals surface area contributed by atoms with Crippen molar-refractivity contribution in [2.45, 2.75) is 43.7 Å². The minimum atomic E-state index is -3.69. The van der Waals surface area contributed by atoms with Gasteiger partial charge in [-0.3, -0.25) is 4.79 Å². The highest BCUT2D eigenvalue weighted by molar-refractivity contribution is 7.89. The lowest BCUT2D eigenvalue weighted by Gasteiger charge is -2.24. The first-order valence-corrected chi connectivity index (χ1v) is 11.1. The molecule has 8 heteroatoms. The maximum absolute atomic E-state index is 12.7. The second-order valence-corrected chi connectivity index (χ2v) is 9.11. The smallest absolute Gasteiger partial charge is 0.287 e. The van der Waals surface area contributed by atoms with E-state index in [1.807, 2.05) is 25.1 Å². The number of sulfonamides is 1. The van der Waals surface area contributed by atoms with E-state index in [9.17, 15) is 13.2 Å². The summed E-state index contributed by atoms with van der Waals surface area (Å²) in [5, 5.41) is 2.69. The van der Waals surface area contributed by atoms with Crippen LogP contribution in [0.4, 0.5) is 0 Å². The zero-order valence-electron chi connectivity index (χ0n) is 15.8. The number of hydrogen-bond acceptors (Lipinski definition) is 5. The molecule has 1 fully saturated rings. The Morgan fingerprint density at radius 1 is 1.14 bits per heavy atom. The van der Waals surface area contributed by atoms with Crippen LogP contribution in [0.15, 0.2) is 39.8 Å². The maximum Gasteiger partial charge on any atom is 0.287 e. The van der Waals surface area contributed by atoms with Crippen LogP contribution in [-0.4, -0.2) is 38.3 Å². The molecule has 0 bridgehead atoms. The average molecular weight is 404 g/mol. The number of fused-ring (bicyclic) bond motifs is 1. The SMILES string of the molecule is C[C@@H](NC(=O)c1ccc(S(=O)(=O)N2CCCCC2)o1)c1ccc2c(c1)CCO2. The molecule has 0 aliphatic carbocycles. The molecule has 2 aliphatic heterocycles. The number of furan rings is 1. The van der Waals surface area contributed by atoms with Crippen molar-refractivity contribution in [2.75, 3.05) is 19.7 Å². The van der Waals surface area contributed by atoms with Gasteiger partial charge in [0.1, 0.15) is 5.75 Å². The number of rotatable bonds is 5. The molecule has 1 N–H and O–H groups in total. The Labute approximate surface area is 164 Å². The van der Waals surface area contributed by atoms with Crippen molar-refractivity contribution < 1.29 is 22.4 Å². The Hall–Kier alpha value is -2.32. The van der Waals surface area contributed by atoms with Crippen molar-refractivity contribution in [1.82, 2.24) is 9.62 Å². The van der Waals surface area contributed by atoms with Crippen LogP contribution in [0.1, 0.15) is 53.9 Å². The zero-order valence-corrected chi connectivity index (χ0v) is 16.6. The lowest BCUT2D eigenvalue weighted by molar-refractivity contribution is 0.0906. The maximum atomic E-state index is 12.7. The van der Waals surface area contributed by atoms with Gasteiger partial charge in [-0.15, -0.1) is 0 Å². The van der Waals surface area contributed by atoms with Crippen LogP contribution < -0.4 is 10.1 Å². The predicted molar refractivity (Wildman–Crippen MR) is 103 cm³/mol. The normalized spacial score (nSPS) is 18.3. The summed E-state index contributed by atoms with van der Waals surface area (Å²) in [4.78, 5) is 12.5. The van der Waals surface area contributed by atoms with Crippen molar-refractivity contribution in [1.29, 1.82) is 0 Å². The second kappa shape index (κ2) is 7.60. The van der Waals surface area contributed by atoms with Gasteiger partial charge in [0.15, 0.2) is 5.76 Å². The standard InChI is InChI=1S/C20H24N2O5S/c1-14(15-5-6-17-16(13-15)9-12-26-17)21-20(23)18-7-8-19(27-18)28(24,25)22-10-3-2-4-11-22/h5-8,13-14H,2-4,9-12H2,1H3,(H,21,23)/t14-/m1/s1. The van der Waals surface area contributed by atoms with E-state index in [4.69, 9.17) is 9.15 Å². The van der Waals surface area contributed by atoms with Crippen LogP contribution in [0.25, 0.3) is 0 Å². The summed E-state index contributed by atoms with van der Waals surface area (Å²) in [7, 11) is -3.69. The summed E-state index contributed by atoms with van der Waals surface area (Å²) < 4.78 is 37.7. The Balaban J connectivity index is 1.45. The van der Waals surface area contributed by atoms with Gasteiger partial charge in [-0.25, -0.2) is 8.42 Å². The van der Waals surface area contributed by atoms with Gasteiger partial charge < -0.3 is 14.5 Å². The average Bonchev–Trinajstić information content (AvgIpc) is 3.38. The molecule has 0 spiro atoms. The van der Waals surface area contributed by atoms with Gasteiger partial charge >= 0.3 is 0 Å². The summed E-state index contributed by atoms with van der Waals surface area (Å²) in [5.41, 5.74) is 2.09. The number of carbonyl (C=O) groups excluding carboxylic acids is 1. The lowest BCUT2D eigenvalue weighted by atomic mass is 10.0. The largest absolute Gasteiger partial charge is 0.493 e. The first-order valence-electron chi connectivity index (χ1n) is 9.61. The molecule has 4 rings (SSSR count). The quantitative estimate of drug-likeness (QED) is 0.828. The molecule has 0 radical (unpaired) electrons. The minimum Gasteiger partial charge on any atom is -0.493 e. The fourth-order valence-corrected chi connectivity index (χ4v) is 5.07. The van der Waals surface area contributed by atoms with Crippen LogP contribution in [0.5, 0.6) is 5.75 Å². The third-order valence-electron chi connectivity index (χ3n) is 5.28. The summed E-state index contributed by atoms with van der Waals surface area (Å²) >= 11 is 0. The number of benzene rings is 1. The molecule has 1 aromatic heterocycles. The summed E-state index contributed by atoms with van der Waals surface area (Å²) in [5.74, 6) is 0.442. The topological polar surface area (TPSA) is 88.9 Å². The van der Waals surface area contributed by atoms with Gasteiger partial charge in [-0.05, 0) is 55.2 Å². The Bertz CT molecular complexity index is 976. The Morgan fingerprint density at radius 3 is 2.71 bits per heavy atom. The highest BCUT2D eigenvalue weighted by Crippen LogP contribution is 2.28. The lowest BCUT2D eigenvalue weighted by Crippen LogP contribution is -2.35. The van der Waals surface area contributed by atoms with Crippen LogP contribution >= 0.6 is 0 Å². The van der Waals surface area contributed by atoms with E-state index in [0.717, 1.165) is 42.6 Å². The first kappa shape index (κ1) is 19.0. The van der Waals surface area contributed by atoms with Gasteiger partial charge in [0.05, 0.1) is 12.6 Å². The molecule has 150 valence electrons. The molecule has 0 saturated carbocycles. The molecule has 0 unspecified atom stereocenters. The van der Waals surface area contributed by atoms with E-state index < -0.39 is 15.9 Å². The Morgan fingerprint density at radius 2 is 1.93 bits per heavy atom. The van der Waals surface area contributed by atoms with Gasteiger partial charge in [0.25, 0.3) is 15.9 Å². The van der Waals surface area contributed by atoms with Crippen molar-refractivity contribution in [3.63, 3.8) is 0 Å². The van der Waals surface area contributed by atoms with E-state index in [1.165, 1.54) is 16.4 Å². The fraction of sp³-hybridized carbons (Fsp3) is 0.450. The van der Waals surface area contributed by atoms with Gasteiger partial charge in [0.2, 0.25) is 5.09 Å². The molecular formula is C20H24N2O5S. The van der Waals surface area contributed by atoms with E-state index in [1.54, 1.807) is 0 Å². The number of nitrogens with zero attached hydrogens (tertiary/aromatic N) is 1. The molecule has 1 saturated heterocycles. The number of ether oxygens (including phenoxy) is 1. The molecule has 1 atom stereocenters. The van der Waals surface area contributed by atoms with Crippen LogP contribution in [-0.2, 0) is 16.4 Å². The van der Waals surface area contributed by atoms with Crippen molar-refractivity contribution in [3.05, 3.63) is 47.2 Å². The van der Waals surface area contributed by atoms with Gasteiger partial charge in [0, 0.05) is 19.5 Å². The minimum absolute atomic E-state index is 0.00747. The Kier molecular flexibility index (Phi) is 5.16.